The first-order chi connectivity index (χ1) is 14.9. The summed E-state index contributed by atoms with van der Waals surface area (Å²) in [5.41, 5.74) is 0.915. The lowest BCUT2D eigenvalue weighted by Gasteiger charge is -2.56. The van der Waals surface area contributed by atoms with Crippen molar-refractivity contribution in [1.29, 1.82) is 0 Å². The Hall–Kier alpha value is -2.28. The fourth-order valence-corrected chi connectivity index (χ4v) is 6.40. The Bertz CT molecular complexity index is 790. The predicted molar refractivity (Wildman–Crippen MR) is 118 cm³/mol. The Morgan fingerprint density at radius 3 is 2.32 bits per heavy atom. The summed E-state index contributed by atoms with van der Waals surface area (Å²) in [7, 11) is 3.47. The number of carbonyl (C=O) groups is 2. The topological polar surface area (TPSA) is 79.9 Å². The number of rotatable bonds is 8. The molecule has 4 bridgehead atoms. The van der Waals surface area contributed by atoms with Crippen LogP contribution >= 0.6 is 0 Å². The lowest BCUT2D eigenvalue weighted by molar-refractivity contribution is -0.121. The van der Waals surface area contributed by atoms with Gasteiger partial charge in [0.2, 0.25) is 5.91 Å². The van der Waals surface area contributed by atoms with Gasteiger partial charge in [0.25, 0.3) is 0 Å². The molecule has 4 aliphatic rings. The fourth-order valence-electron chi connectivity index (χ4n) is 6.40. The highest BCUT2D eigenvalue weighted by molar-refractivity contribution is 5.95. The number of likely N-dealkylation sites (N-methyl/N-ethyl adjacent to an activating group) is 1. The van der Waals surface area contributed by atoms with Gasteiger partial charge in [0.1, 0.15) is 0 Å². The summed E-state index contributed by atoms with van der Waals surface area (Å²) in [4.78, 5) is 26.9. The maximum Gasteiger partial charge on any atom is 0.321 e. The number of benzene rings is 1. The van der Waals surface area contributed by atoms with Crippen LogP contribution in [0.3, 0.4) is 0 Å². The van der Waals surface area contributed by atoms with Gasteiger partial charge in [0, 0.05) is 12.1 Å². The normalized spacial score (nSPS) is 28.5. The maximum atomic E-state index is 12.6. The van der Waals surface area contributed by atoms with E-state index in [2.05, 4.69) is 10.6 Å². The molecule has 31 heavy (non-hydrogen) atoms. The second-order valence-corrected chi connectivity index (χ2v) is 9.79. The van der Waals surface area contributed by atoms with E-state index in [1.807, 2.05) is 37.1 Å². The molecule has 1 aromatic carbocycles. The second kappa shape index (κ2) is 9.07. The molecule has 1 aromatic rings. The number of urea groups is 1. The van der Waals surface area contributed by atoms with Gasteiger partial charge in [0.15, 0.2) is 11.5 Å². The highest BCUT2D eigenvalue weighted by Gasteiger charge is 2.51. The van der Waals surface area contributed by atoms with E-state index < -0.39 is 0 Å². The Kier molecular flexibility index (Phi) is 6.42. The zero-order chi connectivity index (χ0) is 22.0. The summed E-state index contributed by atoms with van der Waals surface area (Å²) in [6.07, 6.45) is 7.17. The summed E-state index contributed by atoms with van der Waals surface area (Å²) in [6, 6.07) is 5.41. The highest BCUT2D eigenvalue weighted by Crippen LogP contribution is 2.55. The number of hydrogen-bond acceptors (Lipinski definition) is 5. The van der Waals surface area contributed by atoms with Gasteiger partial charge in [-0.05, 0) is 87.9 Å². The van der Waals surface area contributed by atoms with E-state index in [-0.39, 0.29) is 24.0 Å². The molecule has 0 unspecified atom stereocenters. The SMILES string of the molecule is CCOc1ccc(CN(C)CC(=O)NC(=O)NC23CC4CC(CC(C4)C2)C3)cc1OC. The molecule has 5 rings (SSSR count). The molecule has 4 aliphatic carbocycles. The molecule has 3 amide bonds. The second-order valence-electron chi connectivity index (χ2n) is 9.79. The molecule has 4 saturated carbocycles. The van der Waals surface area contributed by atoms with Crippen LogP contribution in [0.1, 0.15) is 51.0 Å². The van der Waals surface area contributed by atoms with Crippen LogP contribution in [0.5, 0.6) is 11.5 Å². The highest BCUT2D eigenvalue weighted by atomic mass is 16.5. The van der Waals surface area contributed by atoms with Crippen LogP contribution in [0.25, 0.3) is 0 Å². The number of ether oxygens (including phenoxy) is 2. The van der Waals surface area contributed by atoms with Crippen molar-refractivity contribution in [2.24, 2.45) is 17.8 Å². The number of methoxy groups -OCH3 is 1. The summed E-state index contributed by atoms with van der Waals surface area (Å²) in [6.45, 7) is 3.21. The molecule has 2 N–H and O–H groups in total. The molecule has 4 fully saturated rings. The smallest absolute Gasteiger partial charge is 0.321 e. The zero-order valence-electron chi connectivity index (χ0n) is 18.9. The van der Waals surface area contributed by atoms with Gasteiger partial charge in [-0.2, -0.15) is 0 Å². The summed E-state index contributed by atoms with van der Waals surface area (Å²) in [5.74, 6) is 3.34. The molecule has 0 spiro atoms. The van der Waals surface area contributed by atoms with Gasteiger partial charge in [-0.1, -0.05) is 6.07 Å². The van der Waals surface area contributed by atoms with Gasteiger partial charge in [0.05, 0.1) is 20.3 Å². The van der Waals surface area contributed by atoms with Crippen molar-refractivity contribution in [3.8, 4) is 11.5 Å². The maximum absolute atomic E-state index is 12.6. The first-order valence-corrected chi connectivity index (χ1v) is 11.5. The van der Waals surface area contributed by atoms with Crippen LogP contribution in [-0.4, -0.2) is 49.7 Å². The van der Waals surface area contributed by atoms with Crippen molar-refractivity contribution in [3.05, 3.63) is 23.8 Å². The van der Waals surface area contributed by atoms with Gasteiger partial charge in [-0.15, -0.1) is 0 Å². The third kappa shape index (κ3) is 5.14. The Labute approximate surface area is 184 Å². The van der Waals surface area contributed by atoms with E-state index in [4.69, 9.17) is 9.47 Å². The minimum Gasteiger partial charge on any atom is -0.493 e. The molecule has 7 heteroatoms. The zero-order valence-corrected chi connectivity index (χ0v) is 18.9. The first kappa shape index (κ1) is 21.9. The molecule has 7 nitrogen and oxygen atoms in total. The molecule has 0 radical (unpaired) electrons. The number of nitrogens with one attached hydrogen (secondary N) is 2. The third-order valence-electron chi connectivity index (χ3n) is 7.06. The number of carbonyl (C=O) groups excluding carboxylic acids is 2. The fraction of sp³-hybridized carbons (Fsp3) is 0.667. The Morgan fingerprint density at radius 1 is 1.10 bits per heavy atom. The van der Waals surface area contributed by atoms with Crippen molar-refractivity contribution in [3.63, 3.8) is 0 Å². The molecule has 0 aromatic heterocycles. The van der Waals surface area contributed by atoms with Crippen molar-refractivity contribution >= 4 is 11.9 Å². The predicted octanol–water partition coefficient (Wildman–Crippen LogP) is 3.32. The quantitative estimate of drug-likeness (QED) is 0.663. The summed E-state index contributed by atoms with van der Waals surface area (Å²) >= 11 is 0. The third-order valence-corrected chi connectivity index (χ3v) is 7.06. The lowest BCUT2D eigenvalue weighted by atomic mass is 9.53. The van der Waals surface area contributed by atoms with E-state index in [0.29, 0.717) is 24.7 Å². The molecular formula is C24H35N3O4. The Morgan fingerprint density at radius 2 is 1.74 bits per heavy atom. The van der Waals surface area contributed by atoms with E-state index in [1.165, 1.54) is 19.3 Å². The van der Waals surface area contributed by atoms with Crippen LogP contribution in [0.2, 0.25) is 0 Å². The molecule has 0 heterocycles. The number of imide groups is 1. The summed E-state index contributed by atoms with van der Waals surface area (Å²) < 4.78 is 10.9. The van der Waals surface area contributed by atoms with Gasteiger partial charge in [-0.25, -0.2) is 4.79 Å². The number of amides is 3. The molecule has 170 valence electrons. The first-order valence-electron chi connectivity index (χ1n) is 11.5. The van der Waals surface area contributed by atoms with Crippen LogP contribution in [0.15, 0.2) is 18.2 Å². The van der Waals surface area contributed by atoms with E-state index >= 15 is 0 Å². The van der Waals surface area contributed by atoms with Crippen LogP contribution in [0, 0.1) is 17.8 Å². The lowest BCUT2D eigenvalue weighted by Crippen LogP contribution is -2.62. The van der Waals surface area contributed by atoms with Crippen LogP contribution in [-0.2, 0) is 11.3 Å². The van der Waals surface area contributed by atoms with E-state index in [0.717, 1.165) is 42.6 Å². The average molecular weight is 430 g/mol. The molecule has 0 aliphatic heterocycles. The van der Waals surface area contributed by atoms with E-state index in [1.54, 1.807) is 7.11 Å². The minimum absolute atomic E-state index is 0.0934. The average Bonchev–Trinajstić information content (AvgIpc) is 2.67. The standard InChI is InChI=1S/C24H35N3O4/c1-4-31-20-6-5-16(10-21(20)30-3)14-27(2)15-22(28)25-23(29)26-24-11-17-7-18(12-24)9-19(8-17)13-24/h5-6,10,17-19H,4,7-9,11-15H2,1-3H3,(H2,25,26,28,29). The molecular weight excluding hydrogens is 394 g/mol. The number of nitrogens with zero attached hydrogens (tertiary/aromatic N) is 1. The van der Waals surface area contributed by atoms with Gasteiger partial charge in [-0.3, -0.25) is 15.0 Å². The van der Waals surface area contributed by atoms with Crippen LogP contribution in [0.4, 0.5) is 4.79 Å². The van der Waals surface area contributed by atoms with Crippen molar-refractivity contribution in [2.75, 3.05) is 27.3 Å². The van der Waals surface area contributed by atoms with E-state index in [9.17, 15) is 9.59 Å². The van der Waals surface area contributed by atoms with Crippen molar-refractivity contribution in [2.45, 2.75) is 57.5 Å². The minimum atomic E-state index is -0.344. The van der Waals surface area contributed by atoms with Crippen molar-refractivity contribution in [1.82, 2.24) is 15.5 Å². The summed E-state index contributed by atoms with van der Waals surface area (Å²) in [5, 5.41) is 5.74. The largest absolute Gasteiger partial charge is 0.493 e. The van der Waals surface area contributed by atoms with Crippen molar-refractivity contribution < 1.29 is 19.1 Å². The molecule has 0 saturated heterocycles. The number of hydrogen-bond donors (Lipinski definition) is 2. The van der Waals surface area contributed by atoms with Crippen LogP contribution < -0.4 is 20.1 Å². The Balaban J connectivity index is 1.26. The van der Waals surface area contributed by atoms with Gasteiger partial charge >= 0.3 is 6.03 Å². The monoisotopic (exact) mass is 429 g/mol. The van der Waals surface area contributed by atoms with Gasteiger partial charge < -0.3 is 14.8 Å². The molecule has 0 atom stereocenters.